The molecule has 0 aliphatic heterocycles. The molecule has 1 aromatic rings. The van der Waals surface area contributed by atoms with E-state index >= 15 is 0 Å². The monoisotopic (exact) mass is 312 g/mol. The molecule has 22 heavy (non-hydrogen) atoms. The first-order valence-electron chi connectivity index (χ1n) is 7.18. The third-order valence-electron chi connectivity index (χ3n) is 2.58. The first-order chi connectivity index (χ1) is 10.4. The fourth-order valence-corrected chi connectivity index (χ4v) is 1.76. The summed E-state index contributed by atoms with van der Waals surface area (Å²) in [7, 11) is 0. The molecular weight excluding hydrogens is 291 g/mol. The molecule has 0 amide bonds. The van der Waals surface area contributed by atoms with Gasteiger partial charge >= 0.3 is 5.97 Å². The number of halogens is 1. The number of hydrogen-bond donors (Lipinski definition) is 0. The Balaban J connectivity index is 3.02. The maximum Gasteiger partial charge on any atom is 0.349 e. The number of ether oxygens (including phenoxy) is 3. The number of hydrogen-bond acceptors (Lipinski definition) is 5. The van der Waals surface area contributed by atoms with E-state index in [9.17, 15) is 14.0 Å². The summed E-state index contributed by atoms with van der Waals surface area (Å²) in [5.74, 6) is -1.42. The Hall–Kier alpha value is -2.11. The third kappa shape index (κ3) is 5.02. The van der Waals surface area contributed by atoms with E-state index in [1.54, 1.807) is 33.8 Å². The van der Waals surface area contributed by atoms with Crippen molar-refractivity contribution in [1.82, 2.24) is 0 Å². The molecule has 0 heterocycles. The molecule has 1 unspecified atom stereocenters. The normalized spacial score (nSPS) is 11.9. The number of carbonyl (C=O) groups is 2. The van der Waals surface area contributed by atoms with Gasteiger partial charge in [0, 0.05) is 11.6 Å². The first-order valence-corrected chi connectivity index (χ1v) is 7.18. The fraction of sp³-hybridized carbons (Fsp3) is 0.500. The number of esters is 1. The van der Waals surface area contributed by atoms with E-state index < -0.39 is 24.0 Å². The van der Waals surface area contributed by atoms with Crippen molar-refractivity contribution in [2.24, 2.45) is 0 Å². The molecule has 5 nitrogen and oxygen atoms in total. The second-order valence-corrected chi connectivity index (χ2v) is 4.77. The number of carbonyl (C=O) groups excluding carboxylic acids is 2. The van der Waals surface area contributed by atoms with Crippen LogP contribution in [-0.2, 0) is 9.53 Å². The highest BCUT2D eigenvalue weighted by molar-refractivity contribution is 6.11. The van der Waals surface area contributed by atoms with Crippen LogP contribution < -0.4 is 9.47 Å². The smallest absolute Gasteiger partial charge is 0.349 e. The van der Waals surface area contributed by atoms with Gasteiger partial charge < -0.3 is 14.2 Å². The predicted octanol–water partition coefficient (Wildman–Crippen LogP) is 2.96. The van der Waals surface area contributed by atoms with Gasteiger partial charge in [0.05, 0.1) is 19.3 Å². The maximum atomic E-state index is 14.0. The molecule has 122 valence electrons. The van der Waals surface area contributed by atoms with Gasteiger partial charge in [0.15, 0.2) is 0 Å². The van der Waals surface area contributed by atoms with Crippen LogP contribution in [0.25, 0.3) is 0 Å². The molecule has 1 rings (SSSR count). The summed E-state index contributed by atoms with van der Waals surface area (Å²) in [6.07, 6.45) is -2.86. The molecule has 1 atom stereocenters. The summed E-state index contributed by atoms with van der Waals surface area (Å²) in [4.78, 5) is 23.6. The van der Waals surface area contributed by atoms with Gasteiger partial charge in [0.1, 0.15) is 11.5 Å². The van der Waals surface area contributed by atoms with Crippen molar-refractivity contribution >= 4 is 11.8 Å². The lowest BCUT2D eigenvalue weighted by atomic mass is 10.1. The average Bonchev–Trinajstić information content (AvgIpc) is 2.45. The molecule has 0 aliphatic rings. The van der Waals surface area contributed by atoms with E-state index in [2.05, 4.69) is 0 Å². The molecule has 6 heteroatoms. The van der Waals surface area contributed by atoms with Crippen LogP contribution in [0.2, 0.25) is 0 Å². The van der Waals surface area contributed by atoms with E-state index in [4.69, 9.17) is 14.2 Å². The Morgan fingerprint density at radius 3 is 1.95 bits per heavy atom. The number of alkyl halides is 1. The average molecular weight is 312 g/mol. The molecule has 1 aromatic carbocycles. The molecule has 0 N–H and O–H groups in total. The summed E-state index contributed by atoms with van der Waals surface area (Å²) in [6, 6.07) is 4.36. The molecule has 0 bridgehead atoms. The molecule has 0 aromatic heterocycles. The van der Waals surface area contributed by atoms with Crippen LogP contribution in [0, 0.1) is 0 Å². The minimum absolute atomic E-state index is 0.00241. The number of rotatable bonds is 8. The molecule has 0 aliphatic carbocycles. The molecule has 0 radical (unpaired) electrons. The van der Waals surface area contributed by atoms with Gasteiger partial charge in [-0.25, -0.2) is 9.18 Å². The van der Waals surface area contributed by atoms with Crippen LogP contribution in [-0.4, -0.2) is 37.2 Å². The highest BCUT2D eigenvalue weighted by atomic mass is 19.1. The van der Waals surface area contributed by atoms with Gasteiger partial charge in [-0.15, -0.1) is 0 Å². The van der Waals surface area contributed by atoms with E-state index in [1.807, 2.05) is 0 Å². The van der Waals surface area contributed by atoms with Crippen LogP contribution in [0.15, 0.2) is 18.2 Å². The minimum Gasteiger partial charge on any atom is -0.494 e. The van der Waals surface area contributed by atoms with Crippen molar-refractivity contribution in [2.45, 2.75) is 40.0 Å². The molecule has 0 fully saturated rings. The van der Waals surface area contributed by atoms with Crippen molar-refractivity contribution in [3.8, 4) is 11.5 Å². The quantitative estimate of drug-likeness (QED) is 0.419. The van der Waals surface area contributed by atoms with Crippen molar-refractivity contribution < 1.29 is 28.2 Å². The van der Waals surface area contributed by atoms with Gasteiger partial charge in [-0.1, -0.05) is 0 Å². The predicted molar refractivity (Wildman–Crippen MR) is 79.2 cm³/mol. The molecule has 0 saturated carbocycles. The van der Waals surface area contributed by atoms with Gasteiger partial charge in [0.25, 0.3) is 6.17 Å². The highest BCUT2D eigenvalue weighted by Gasteiger charge is 2.30. The zero-order valence-electron chi connectivity index (χ0n) is 13.2. The van der Waals surface area contributed by atoms with Crippen LogP contribution in [0.4, 0.5) is 4.39 Å². The van der Waals surface area contributed by atoms with Crippen LogP contribution in [0.3, 0.4) is 0 Å². The number of ketones is 1. The largest absolute Gasteiger partial charge is 0.494 e. The second-order valence-electron chi connectivity index (χ2n) is 4.77. The zero-order valence-corrected chi connectivity index (χ0v) is 13.2. The minimum atomic E-state index is -2.37. The summed E-state index contributed by atoms with van der Waals surface area (Å²) in [5, 5.41) is 0. The van der Waals surface area contributed by atoms with Crippen molar-refractivity contribution in [3.05, 3.63) is 23.8 Å². The SMILES string of the molecule is CCOc1cc(OCC)cc(C(=O)C(F)C(=O)OC(C)C)c1. The van der Waals surface area contributed by atoms with Gasteiger partial charge in [-0.05, 0) is 39.8 Å². The Bertz CT molecular complexity index is 503. The fourth-order valence-electron chi connectivity index (χ4n) is 1.76. The van der Waals surface area contributed by atoms with Crippen molar-refractivity contribution in [3.63, 3.8) is 0 Å². The molecule has 0 spiro atoms. The van der Waals surface area contributed by atoms with Gasteiger partial charge in [0.2, 0.25) is 5.78 Å². The van der Waals surface area contributed by atoms with Crippen molar-refractivity contribution in [2.75, 3.05) is 13.2 Å². The Morgan fingerprint density at radius 1 is 1.05 bits per heavy atom. The summed E-state index contributed by atoms with van der Waals surface area (Å²) in [6.45, 7) is 7.50. The van der Waals surface area contributed by atoms with E-state index in [0.29, 0.717) is 24.7 Å². The van der Waals surface area contributed by atoms with E-state index in [-0.39, 0.29) is 5.56 Å². The molecular formula is C16H21FO5. The number of Topliss-reactive ketones (excluding diaryl/α,β-unsaturated/α-hetero) is 1. The Labute approximate surface area is 129 Å². The van der Waals surface area contributed by atoms with Gasteiger partial charge in [-0.2, -0.15) is 0 Å². The van der Waals surface area contributed by atoms with Crippen LogP contribution in [0.5, 0.6) is 11.5 Å². The second kappa shape index (κ2) is 8.36. The van der Waals surface area contributed by atoms with Crippen LogP contribution >= 0.6 is 0 Å². The van der Waals surface area contributed by atoms with Crippen LogP contribution in [0.1, 0.15) is 38.1 Å². The maximum absolute atomic E-state index is 14.0. The lowest BCUT2D eigenvalue weighted by Crippen LogP contribution is -2.29. The lowest BCUT2D eigenvalue weighted by Gasteiger charge is -2.13. The summed E-state index contributed by atoms with van der Waals surface area (Å²) < 4.78 is 29.3. The van der Waals surface area contributed by atoms with E-state index in [0.717, 1.165) is 0 Å². The lowest BCUT2D eigenvalue weighted by molar-refractivity contribution is -0.151. The van der Waals surface area contributed by atoms with E-state index in [1.165, 1.54) is 12.1 Å². The number of benzene rings is 1. The first kappa shape index (κ1) is 17.9. The zero-order chi connectivity index (χ0) is 16.7. The summed E-state index contributed by atoms with van der Waals surface area (Å²) in [5.41, 5.74) is 0.00241. The third-order valence-corrected chi connectivity index (χ3v) is 2.58. The topological polar surface area (TPSA) is 61.8 Å². The standard InChI is InChI=1S/C16H21FO5/c1-5-20-12-7-11(8-13(9-12)21-6-2)15(18)14(17)16(19)22-10(3)4/h7-10,14H,5-6H2,1-4H3. The highest BCUT2D eigenvalue weighted by Crippen LogP contribution is 2.24. The van der Waals surface area contributed by atoms with Crippen molar-refractivity contribution in [1.29, 1.82) is 0 Å². The Kier molecular flexibility index (Phi) is 6.82. The summed E-state index contributed by atoms with van der Waals surface area (Å²) >= 11 is 0. The Morgan fingerprint density at radius 2 is 1.55 bits per heavy atom. The molecule has 0 saturated heterocycles. The van der Waals surface area contributed by atoms with Gasteiger partial charge in [-0.3, -0.25) is 4.79 Å².